The molecule has 6 heteroatoms. The van der Waals surface area contributed by atoms with Gasteiger partial charge in [-0.3, -0.25) is 4.79 Å². The fourth-order valence-corrected chi connectivity index (χ4v) is 3.17. The van der Waals surface area contributed by atoms with E-state index in [1.165, 1.54) is 12.8 Å². The second-order valence-corrected chi connectivity index (χ2v) is 7.67. The van der Waals surface area contributed by atoms with E-state index in [2.05, 4.69) is 20.3 Å². The third-order valence-corrected chi connectivity index (χ3v) is 5.32. The SMILES string of the molecule is C[C@H](NC(=O)c1c[nH]c2ncc(C3CC3)nc12)[C@@](C)(O)CC1CC1. The highest BCUT2D eigenvalue weighted by atomic mass is 16.3. The summed E-state index contributed by atoms with van der Waals surface area (Å²) in [7, 11) is 0. The Kier molecular flexibility index (Phi) is 3.60. The summed E-state index contributed by atoms with van der Waals surface area (Å²) in [5.41, 5.74) is 1.81. The van der Waals surface area contributed by atoms with Gasteiger partial charge in [0.25, 0.3) is 5.91 Å². The summed E-state index contributed by atoms with van der Waals surface area (Å²) in [5, 5.41) is 13.6. The zero-order valence-electron chi connectivity index (χ0n) is 14.2. The van der Waals surface area contributed by atoms with Crippen LogP contribution in [0.4, 0.5) is 0 Å². The van der Waals surface area contributed by atoms with Crippen LogP contribution in [0.1, 0.15) is 67.9 Å². The van der Waals surface area contributed by atoms with Crippen molar-refractivity contribution >= 4 is 17.1 Å². The molecule has 3 N–H and O–H groups in total. The number of hydrogen-bond acceptors (Lipinski definition) is 4. The number of aromatic nitrogens is 3. The van der Waals surface area contributed by atoms with Crippen LogP contribution in [0, 0.1) is 5.92 Å². The maximum Gasteiger partial charge on any atom is 0.255 e. The summed E-state index contributed by atoms with van der Waals surface area (Å²) in [4.78, 5) is 24.7. The Balaban J connectivity index is 1.53. The van der Waals surface area contributed by atoms with Gasteiger partial charge in [-0.1, -0.05) is 12.8 Å². The van der Waals surface area contributed by atoms with Gasteiger partial charge in [0.15, 0.2) is 5.65 Å². The van der Waals surface area contributed by atoms with Crippen LogP contribution < -0.4 is 5.32 Å². The van der Waals surface area contributed by atoms with E-state index in [1.807, 2.05) is 6.92 Å². The molecule has 128 valence electrons. The van der Waals surface area contributed by atoms with Crippen molar-refractivity contribution < 1.29 is 9.90 Å². The van der Waals surface area contributed by atoms with Crippen molar-refractivity contribution in [2.24, 2.45) is 5.92 Å². The number of fused-ring (bicyclic) bond motifs is 1. The molecule has 2 aromatic heterocycles. The summed E-state index contributed by atoms with van der Waals surface area (Å²) in [6.07, 6.45) is 8.83. The molecule has 0 radical (unpaired) electrons. The summed E-state index contributed by atoms with van der Waals surface area (Å²) in [5.74, 6) is 0.873. The number of amides is 1. The molecule has 0 bridgehead atoms. The van der Waals surface area contributed by atoms with Crippen molar-refractivity contribution in [3.8, 4) is 0 Å². The van der Waals surface area contributed by atoms with Crippen LogP contribution in [0.2, 0.25) is 0 Å². The molecular formula is C18H24N4O2. The van der Waals surface area contributed by atoms with Gasteiger partial charge < -0.3 is 15.4 Å². The third-order valence-electron chi connectivity index (χ3n) is 5.32. The van der Waals surface area contributed by atoms with Crippen LogP contribution in [0.25, 0.3) is 11.2 Å². The van der Waals surface area contributed by atoms with Crippen LogP contribution >= 0.6 is 0 Å². The van der Waals surface area contributed by atoms with E-state index in [0.717, 1.165) is 25.0 Å². The minimum atomic E-state index is -0.895. The number of nitrogens with one attached hydrogen (secondary N) is 2. The molecule has 0 saturated heterocycles. The Morgan fingerprint density at radius 3 is 2.88 bits per heavy atom. The van der Waals surface area contributed by atoms with Crippen molar-refractivity contribution in [3.63, 3.8) is 0 Å². The van der Waals surface area contributed by atoms with E-state index in [4.69, 9.17) is 0 Å². The highest BCUT2D eigenvalue weighted by Gasteiger charge is 2.36. The van der Waals surface area contributed by atoms with Gasteiger partial charge in [-0.2, -0.15) is 0 Å². The molecule has 2 heterocycles. The van der Waals surface area contributed by atoms with Crippen LogP contribution in [0.15, 0.2) is 12.4 Å². The Morgan fingerprint density at radius 1 is 1.46 bits per heavy atom. The Labute approximate surface area is 141 Å². The van der Waals surface area contributed by atoms with Gasteiger partial charge in [-0.25, -0.2) is 9.97 Å². The first-order chi connectivity index (χ1) is 11.4. The molecule has 2 saturated carbocycles. The van der Waals surface area contributed by atoms with Gasteiger partial charge in [-0.15, -0.1) is 0 Å². The summed E-state index contributed by atoms with van der Waals surface area (Å²) in [6.45, 7) is 3.66. The van der Waals surface area contributed by atoms with Gasteiger partial charge in [0, 0.05) is 12.1 Å². The predicted octanol–water partition coefficient (Wildman–Crippen LogP) is 2.50. The lowest BCUT2D eigenvalue weighted by Gasteiger charge is -2.31. The molecule has 6 nitrogen and oxygen atoms in total. The Hall–Kier alpha value is -1.95. The molecule has 0 unspecified atom stereocenters. The smallest absolute Gasteiger partial charge is 0.255 e. The van der Waals surface area contributed by atoms with Gasteiger partial charge in [0.1, 0.15) is 5.52 Å². The number of aromatic amines is 1. The zero-order valence-corrected chi connectivity index (χ0v) is 14.2. The topological polar surface area (TPSA) is 90.9 Å². The molecule has 0 aliphatic heterocycles. The standard InChI is InChI=1S/C18H24N4O2/c1-10(18(2,24)7-11-3-4-11)21-17(23)13-8-19-16-15(13)22-14(9-20-16)12-5-6-12/h8-12,24H,3-7H2,1-2H3,(H,19,20)(H,21,23)/t10-,18-/m0/s1. The fraction of sp³-hybridized carbons (Fsp3) is 0.611. The fourth-order valence-electron chi connectivity index (χ4n) is 3.17. The lowest BCUT2D eigenvalue weighted by molar-refractivity contribution is 0.0122. The number of hydrogen-bond donors (Lipinski definition) is 3. The number of carbonyl (C=O) groups excluding carboxylic acids is 1. The average molecular weight is 328 g/mol. The summed E-state index contributed by atoms with van der Waals surface area (Å²) < 4.78 is 0. The molecule has 2 aliphatic carbocycles. The first kappa shape index (κ1) is 15.6. The van der Waals surface area contributed by atoms with E-state index in [0.29, 0.717) is 28.6 Å². The molecule has 2 aromatic rings. The van der Waals surface area contributed by atoms with Gasteiger partial charge in [-0.05, 0) is 39.0 Å². The zero-order chi connectivity index (χ0) is 16.9. The third kappa shape index (κ3) is 3.02. The first-order valence-corrected chi connectivity index (χ1v) is 8.81. The monoisotopic (exact) mass is 328 g/mol. The molecule has 1 amide bonds. The molecule has 0 aromatic carbocycles. The molecule has 2 aliphatic rings. The van der Waals surface area contributed by atoms with Crippen LogP contribution in [0.5, 0.6) is 0 Å². The molecule has 4 rings (SSSR count). The van der Waals surface area contributed by atoms with Crippen molar-refractivity contribution in [2.75, 3.05) is 0 Å². The number of H-pyrrole nitrogens is 1. The van der Waals surface area contributed by atoms with Crippen molar-refractivity contribution in [1.82, 2.24) is 20.3 Å². The van der Waals surface area contributed by atoms with Crippen LogP contribution in [-0.2, 0) is 0 Å². The van der Waals surface area contributed by atoms with E-state index in [-0.39, 0.29) is 11.9 Å². The van der Waals surface area contributed by atoms with Gasteiger partial charge in [0.05, 0.1) is 29.1 Å². The van der Waals surface area contributed by atoms with Crippen LogP contribution in [0.3, 0.4) is 0 Å². The van der Waals surface area contributed by atoms with Gasteiger partial charge in [0.2, 0.25) is 0 Å². The molecular weight excluding hydrogens is 304 g/mol. The lowest BCUT2D eigenvalue weighted by Crippen LogP contribution is -2.49. The van der Waals surface area contributed by atoms with E-state index >= 15 is 0 Å². The Bertz CT molecular complexity index is 774. The summed E-state index contributed by atoms with van der Waals surface area (Å²) in [6, 6.07) is -0.324. The van der Waals surface area contributed by atoms with E-state index < -0.39 is 5.60 Å². The van der Waals surface area contributed by atoms with Crippen molar-refractivity contribution in [3.05, 3.63) is 23.7 Å². The second-order valence-electron chi connectivity index (χ2n) is 7.67. The minimum absolute atomic E-state index is 0.216. The number of aliphatic hydroxyl groups is 1. The second kappa shape index (κ2) is 5.55. The number of nitrogens with zero attached hydrogens (tertiary/aromatic N) is 2. The van der Waals surface area contributed by atoms with Crippen molar-refractivity contribution in [2.45, 2.75) is 63.5 Å². The molecule has 0 spiro atoms. The normalized spacial score (nSPS) is 21.5. The summed E-state index contributed by atoms with van der Waals surface area (Å²) >= 11 is 0. The molecule has 24 heavy (non-hydrogen) atoms. The minimum Gasteiger partial charge on any atom is -0.388 e. The van der Waals surface area contributed by atoms with Crippen LogP contribution in [-0.4, -0.2) is 37.6 Å². The highest BCUT2D eigenvalue weighted by molar-refractivity contribution is 6.04. The van der Waals surface area contributed by atoms with E-state index in [1.54, 1.807) is 19.3 Å². The highest BCUT2D eigenvalue weighted by Crippen LogP contribution is 2.39. The maximum atomic E-state index is 12.7. The quantitative estimate of drug-likeness (QED) is 0.760. The average Bonchev–Trinajstić information content (AvgIpc) is 3.45. The molecule has 2 fully saturated rings. The van der Waals surface area contributed by atoms with Crippen molar-refractivity contribution in [1.29, 1.82) is 0 Å². The maximum absolute atomic E-state index is 12.7. The first-order valence-electron chi connectivity index (χ1n) is 8.81. The predicted molar refractivity (Wildman–Crippen MR) is 90.8 cm³/mol. The van der Waals surface area contributed by atoms with E-state index in [9.17, 15) is 9.90 Å². The number of rotatable bonds is 6. The molecule has 2 atom stereocenters. The number of carbonyl (C=O) groups is 1. The largest absolute Gasteiger partial charge is 0.388 e. The van der Waals surface area contributed by atoms with Gasteiger partial charge >= 0.3 is 0 Å². The Morgan fingerprint density at radius 2 is 2.21 bits per heavy atom. The lowest BCUT2D eigenvalue weighted by atomic mass is 9.91.